The van der Waals surface area contributed by atoms with E-state index in [0.717, 1.165) is 5.56 Å². The van der Waals surface area contributed by atoms with Gasteiger partial charge in [-0.3, -0.25) is 14.4 Å². The van der Waals surface area contributed by atoms with E-state index >= 15 is 0 Å². The van der Waals surface area contributed by atoms with Crippen LogP contribution in [0.25, 0.3) is 0 Å². The van der Waals surface area contributed by atoms with Crippen LogP contribution in [0.4, 0.5) is 17.1 Å². The first kappa shape index (κ1) is 19.9. The molecular weight excluding hydrogens is 378 g/mol. The van der Waals surface area contributed by atoms with Gasteiger partial charge in [-0.25, -0.2) is 0 Å². The maximum absolute atomic E-state index is 12.8. The Labute approximate surface area is 168 Å². The van der Waals surface area contributed by atoms with Crippen molar-refractivity contribution in [1.82, 2.24) is 0 Å². The summed E-state index contributed by atoms with van der Waals surface area (Å²) < 4.78 is 0. The highest BCUT2D eigenvalue weighted by Gasteiger charge is 2.30. The number of anilines is 3. The third-order valence-electron chi connectivity index (χ3n) is 4.48. The molecule has 2 aromatic carbocycles. The van der Waals surface area contributed by atoms with Crippen LogP contribution in [0.5, 0.6) is 0 Å². The summed E-state index contributed by atoms with van der Waals surface area (Å²) in [5.41, 5.74) is 1.84. The molecule has 1 heterocycles. The molecule has 2 aromatic rings. The lowest BCUT2D eigenvalue weighted by Crippen LogP contribution is -2.30. The molecule has 3 rings (SSSR count). The van der Waals surface area contributed by atoms with Gasteiger partial charge in [0.25, 0.3) is 0 Å². The van der Waals surface area contributed by atoms with Gasteiger partial charge >= 0.3 is 0 Å². The van der Waals surface area contributed by atoms with Crippen LogP contribution in [0.2, 0.25) is 5.02 Å². The van der Waals surface area contributed by atoms with Crippen LogP contribution in [0.3, 0.4) is 0 Å². The number of hydrogen-bond acceptors (Lipinski definition) is 3. The van der Waals surface area contributed by atoms with Gasteiger partial charge < -0.3 is 16.0 Å². The van der Waals surface area contributed by atoms with Crippen LogP contribution in [-0.4, -0.2) is 17.7 Å². The Kier molecular flexibility index (Phi) is 5.42. The molecule has 1 atom stereocenters. The first-order chi connectivity index (χ1) is 13.1. The number of para-hydroxylation sites is 1. The second-order valence-corrected chi connectivity index (χ2v) is 8.19. The van der Waals surface area contributed by atoms with Crippen LogP contribution < -0.4 is 16.0 Å². The molecule has 6 nitrogen and oxygen atoms in total. The number of rotatable bonds is 3. The Morgan fingerprint density at radius 3 is 2.50 bits per heavy atom. The fourth-order valence-corrected chi connectivity index (χ4v) is 3.11. The van der Waals surface area contributed by atoms with Crippen molar-refractivity contribution in [2.45, 2.75) is 33.1 Å². The first-order valence-electron chi connectivity index (χ1n) is 8.96. The molecule has 0 bridgehead atoms. The predicted octanol–water partition coefficient (Wildman–Crippen LogP) is 4.39. The summed E-state index contributed by atoms with van der Waals surface area (Å²) in [4.78, 5) is 36.8. The molecular formula is C21H22ClN3O3. The SMILES string of the molecule is CC(C)(C)C(=O)Nc1ccc(NC(=O)C2CC(=O)Nc3ccccc32)cc1Cl. The van der Waals surface area contributed by atoms with Crippen LogP contribution in [0, 0.1) is 5.41 Å². The number of halogens is 1. The summed E-state index contributed by atoms with van der Waals surface area (Å²) in [7, 11) is 0. The minimum atomic E-state index is -0.580. The van der Waals surface area contributed by atoms with E-state index in [1.165, 1.54) is 0 Å². The summed E-state index contributed by atoms with van der Waals surface area (Å²) >= 11 is 6.27. The van der Waals surface area contributed by atoms with E-state index in [4.69, 9.17) is 11.6 Å². The van der Waals surface area contributed by atoms with Crippen LogP contribution >= 0.6 is 11.6 Å². The molecule has 0 aliphatic carbocycles. The van der Waals surface area contributed by atoms with Crippen molar-refractivity contribution in [3.63, 3.8) is 0 Å². The molecule has 3 N–H and O–H groups in total. The first-order valence-corrected chi connectivity index (χ1v) is 9.33. The summed E-state index contributed by atoms with van der Waals surface area (Å²) in [6.45, 7) is 5.43. The zero-order chi connectivity index (χ0) is 20.5. The second-order valence-electron chi connectivity index (χ2n) is 7.78. The third kappa shape index (κ3) is 4.34. The maximum Gasteiger partial charge on any atom is 0.232 e. The molecule has 0 fully saturated rings. The molecule has 1 aliphatic rings. The highest BCUT2D eigenvalue weighted by Crippen LogP contribution is 2.33. The Hall–Kier alpha value is -2.86. The number of nitrogens with one attached hydrogen (secondary N) is 3. The second kappa shape index (κ2) is 7.64. The lowest BCUT2D eigenvalue weighted by Gasteiger charge is -2.25. The molecule has 0 saturated heterocycles. The number of carbonyl (C=O) groups excluding carboxylic acids is 3. The molecule has 146 valence electrons. The van der Waals surface area contributed by atoms with E-state index in [0.29, 0.717) is 22.1 Å². The van der Waals surface area contributed by atoms with Crippen molar-refractivity contribution >= 4 is 46.4 Å². The summed E-state index contributed by atoms with van der Waals surface area (Å²) in [5.74, 6) is -1.22. The molecule has 0 spiro atoms. The average molecular weight is 400 g/mol. The van der Waals surface area contributed by atoms with Gasteiger partial charge in [-0.2, -0.15) is 0 Å². The quantitative estimate of drug-likeness (QED) is 0.715. The van der Waals surface area contributed by atoms with Crippen molar-refractivity contribution in [3.8, 4) is 0 Å². The van der Waals surface area contributed by atoms with E-state index in [-0.39, 0.29) is 24.1 Å². The minimum Gasteiger partial charge on any atom is -0.326 e. The summed E-state index contributed by atoms with van der Waals surface area (Å²) in [6, 6.07) is 12.1. The van der Waals surface area contributed by atoms with Gasteiger partial charge in [-0.15, -0.1) is 0 Å². The molecule has 3 amide bonds. The maximum atomic E-state index is 12.8. The van der Waals surface area contributed by atoms with Crippen molar-refractivity contribution in [3.05, 3.63) is 53.1 Å². The zero-order valence-electron chi connectivity index (χ0n) is 15.9. The van der Waals surface area contributed by atoms with Crippen LogP contribution in [0.15, 0.2) is 42.5 Å². The van der Waals surface area contributed by atoms with Crippen molar-refractivity contribution in [2.24, 2.45) is 5.41 Å². The van der Waals surface area contributed by atoms with Crippen LogP contribution in [-0.2, 0) is 14.4 Å². The Morgan fingerprint density at radius 2 is 1.82 bits per heavy atom. The standard InChI is InChI=1S/C21H22ClN3O3/c1-21(2,3)20(28)25-17-9-8-12(10-15(17)22)23-19(27)14-11-18(26)24-16-7-5-4-6-13(14)16/h4-10,14H,11H2,1-3H3,(H,23,27)(H,24,26)(H,25,28). The zero-order valence-corrected chi connectivity index (χ0v) is 16.7. The number of amides is 3. The molecule has 28 heavy (non-hydrogen) atoms. The van der Waals surface area contributed by atoms with Gasteiger partial charge in [0, 0.05) is 23.2 Å². The minimum absolute atomic E-state index is 0.0797. The van der Waals surface area contributed by atoms with E-state index in [2.05, 4.69) is 16.0 Å². The van der Waals surface area contributed by atoms with Gasteiger partial charge in [-0.1, -0.05) is 50.6 Å². The van der Waals surface area contributed by atoms with Gasteiger partial charge in [0.2, 0.25) is 17.7 Å². The monoisotopic (exact) mass is 399 g/mol. The predicted molar refractivity (Wildman–Crippen MR) is 111 cm³/mol. The highest BCUT2D eigenvalue weighted by molar-refractivity contribution is 6.34. The number of carbonyl (C=O) groups is 3. The van der Waals surface area contributed by atoms with E-state index < -0.39 is 11.3 Å². The van der Waals surface area contributed by atoms with Crippen molar-refractivity contribution in [2.75, 3.05) is 16.0 Å². The van der Waals surface area contributed by atoms with Gasteiger partial charge in [0.15, 0.2) is 0 Å². The topological polar surface area (TPSA) is 87.3 Å². The number of fused-ring (bicyclic) bond motifs is 1. The van der Waals surface area contributed by atoms with E-state index in [1.54, 1.807) is 24.3 Å². The van der Waals surface area contributed by atoms with E-state index in [9.17, 15) is 14.4 Å². The fourth-order valence-electron chi connectivity index (χ4n) is 2.88. The largest absolute Gasteiger partial charge is 0.326 e. The van der Waals surface area contributed by atoms with Gasteiger partial charge in [0.1, 0.15) is 0 Å². The van der Waals surface area contributed by atoms with Crippen molar-refractivity contribution < 1.29 is 14.4 Å². The highest BCUT2D eigenvalue weighted by atomic mass is 35.5. The number of hydrogen-bond donors (Lipinski definition) is 3. The molecule has 0 radical (unpaired) electrons. The lowest BCUT2D eigenvalue weighted by atomic mass is 9.90. The van der Waals surface area contributed by atoms with Gasteiger partial charge in [-0.05, 0) is 29.8 Å². The average Bonchev–Trinajstić information content (AvgIpc) is 2.62. The van der Waals surface area contributed by atoms with E-state index in [1.807, 2.05) is 39.0 Å². The Balaban J connectivity index is 1.76. The van der Waals surface area contributed by atoms with Crippen molar-refractivity contribution in [1.29, 1.82) is 0 Å². The molecule has 0 aromatic heterocycles. The molecule has 1 unspecified atom stereocenters. The van der Waals surface area contributed by atoms with Crippen LogP contribution in [0.1, 0.15) is 38.7 Å². The lowest BCUT2D eigenvalue weighted by molar-refractivity contribution is -0.123. The summed E-state index contributed by atoms with van der Waals surface area (Å²) in [6.07, 6.45) is 0.0797. The summed E-state index contributed by atoms with van der Waals surface area (Å²) in [5, 5.41) is 8.68. The normalized spacial score (nSPS) is 16.0. The third-order valence-corrected chi connectivity index (χ3v) is 4.80. The van der Waals surface area contributed by atoms with Gasteiger partial charge in [0.05, 0.1) is 16.6 Å². The fraction of sp³-hybridized carbons (Fsp3) is 0.286. The molecule has 1 aliphatic heterocycles. The Bertz CT molecular complexity index is 950. The Morgan fingerprint density at radius 1 is 1.11 bits per heavy atom. The number of benzene rings is 2. The smallest absolute Gasteiger partial charge is 0.232 e. The molecule has 7 heteroatoms. The molecule has 0 saturated carbocycles.